The summed E-state index contributed by atoms with van der Waals surface area (Å²) in [6.07, 6.45) is 6.50. The van der Waals surface area contributed by atoms with E-state index in [1.54, 1.807) is 48.4 Å². The van der Waals surface area contributed by atoms with Gasteiger partial charge in [-0.15, -0.1) is 0 Å². The molecule has 0 radical (unpaired) electrons. The predicted octanol–water partition coefficient (Wildman–Crippen LogP) is 3.32. The van der Waals surface area contributed by atoms with Gasteiger partial charge in [0.15, 0.2) is 5.82 Å². The van der Waals surface area contributed by atoms with Crippen molar-refractivity contribution in [2.24, 2.45) is 0 Å². The minimum Gasteiger partial charge on any atom is -0.267 e. The Balaban J connectivity index is 1.62. The number of hydrogen-bond donors (Lipinski definition) is 1. The minimum atomic E-state index is -0.345. The van der Waals surface area contributed by atoms with Crippen LogP contribution in [0, 0.1) is 12.7 Å². The van der Waals surface area contributed by atoms with Crippen molar-refractivity contribution in [2.45, 2.75) is 6.92 Å². The summed E-state index contributed by atoms with van der Waals surface area (Å²) in [5.74, 6) is -0.159. The number of hydrogen-bond acceptors (Lipinski definition) is 4. The average Bonchev–Trinajstić information content (AvgIpc) is 3.04. The maximum Gasteiger partial charge on any atom is 0.273 e. The highest BCUT2D eigenvalue weighted by molar-refractivity contribution is 6.01. The molecule has 0 bridgehead atoms. The molecule has 0 saturated carbocycles. The molecule has 0 saturated heterocycles. The first-order chi connectivity index (χ1) is 12.6. The van der Waals surface area contributed by atoms with E-state index in [1.807, 2.05) is 6.07 Å². The lowest BCUT2D eigenvalue weighted by atomic mass is 10.2. The quantitative estimate of drug-likeness (QED) is 0.617. The van der Waals surface area contributed by atoms with Gasteiger partial charge in [-0.3, -0.25) is 19.9 Å². The molecule has 26 heavy (non-hydrogen) atoms. The Bertz CT molecular complexity index is 1110. The van der Waals surface area contributed by atoms with Gasteiger partial charge in [0.05, 0.1) is 16.8 Å². The minimum absolute atomic E-state index is 0.322. The molecule has 3 heterocycles. The van der Waals surface area contributed by atoms with Gasteiger partial charge in [-0.2, -0.15) is 0 Å². The van der Waals surface area contributed by atoms with E-state index in [9.17, 15) is 9.18 Å². The summed E-state index contributed by atoms with van der Waals surface area (Å²) in [5, 5.41) is 0.699. The third-order valence-electron chi connectivity index (χ3n) is 4.02. The van der Waals surface area contributed by atoms with Crippen LogP contribution in [0.1, 0.15) is 16.1 Å². The summed E-state index contributed by atoms with van der Waals surface area (Å²) in [5.41, 5.74) is 5.16. The number of benzene rings is 1. The Hall–Kier alpha value is -3.61. The summed E-state index contributed by atoms with van der Waals surface area (Å²) in [6.45, 7) is 1.75. The number of carbonyl (C=O) groups is 1. The van der Waals surface area contributed by atoms with Crippen molar-refractivity contribution in [1.82, 2.24) is 19.6 Å². The molecule has 7 heteroatoms. The zero-order chi connectivity index (χ0) is 18.1. The maximum absolute atomic E-state index is 13.3. The van der Waals surface area contributed by atoms with E-state index in [4.69, 9.17) is 0 Å². The molecule has 0 fully saturated rings. The Labute approximate surface area is 148 Å². The third-order valence-corrected chi connectivity index (χ3v) is 4.02. The predicted molar refractivity (Wildman–Crippen MR) is 95.6 cm³/mol. The first kappa shape index (κ1) is 15.9. The van der Waals surface area contributed by atoms with Crippen LogP contribution in [-0.2, 0) is 0 Å². The van der Waals surface area contributed by atoms with Crippen molar-refractivity contribution in [3.8, 4) is 11.4 Å². The van der Waals surface area contributed by atoms with Crippen molar-refractivity contribution in [2.75, 3.05) is 5.43 Å². The van der Waals surface area contributed by atoms with E-state index < -0.39 is 0 Å². The highest BCUT2D eigenvalue weighted by Crippen LogP contribution is 2.17. The SMILES string of the molecule is Cc1nc(-c2cccnc2)ncc1C(=O)Nn1ccc2cc(F)ccc21. The summed E-state index contributed by atoms with van der Waals surface area (Å²) >= 11 is 0. The second kappa shape index (κ2) is 6.36. The number of pyridine rings is 1. The molecule has 128 valence electrons. The second-order valence-electron chi connectivity index (χ2n) is 5.76. The van der Waals surface area contributed by atoms with Crippen LogP contribution in [0.5, 0.6) is 0 Å². The van der Waals surface area contributed by atoms with E-state index in [1.165, 1.54) is 18.3 Å². The molecule has 0 spiro atoms. The van der Waals surface area contributed by atoms with Crippen LogP contribution in [0.2, 0.25) is 0 Å². The Morgan fingerprint density at radius 3 is 2.85 bits per heavy atom. The molecule has 0 atom stereocenters. The standard InChI is InChI=1S/C19H14FN5O/c1-12-16(11-22-18(23-12)14-3-2-7-21-10-14)19(26)24-25-8-6-13-9-15(20)4-5-17(13)25/h2-11H,1H3,(H,24,26). The molecular weight excluding hydrogens is 333 g/mol. The van der Waals surface area contributed by atoms with Crippen LogP contribution < -0.4 is 5.43 Å². The van der Waals surface area contributed by atoms with Gasteiger partial charge in [-0.25, -0.2) is 14.4 Å². The van der Waals surface area contributed by atoms with Gasteiger partial charge in [0.25, 0.3) is 5.91 Å². The number of aromatic nitrogens is 4. The average molecular weight is 347 g/mol. The lowest BCUT2D eigenvalue weighted by Gasteiger charge is -2.10. The number of nitrogens with one attached hydrogen (secondary N) is 1. The molecule has 4 rings (SSSR count). The highest BCUT2D eigenvalue weighted by Gasteiger charge is 2.14. The van der Waals surface area contributed by atoms with Crippen molar-refractivity contribution in [1.29, 1.82) is 0 Å². The first-order valence-corrected chi connectivity index (χ1v) is 7.94. The molecule has 0 aliphatic carbocycles. The topological polar surface area (TPSA) is 72.7 Å². The monoisotopic (exact) mass is 347 g/mol. The van der Waals surface area contributed by atoms with Gasteiger partial charge in [0.2, 0.25) is 0 Å². The molecule has 1 amide bonds. The van der Waals surface area contributed by atoms with E-state index in [0.717, 1.165) is 5.56 Å². The Morgan fingerprint density at radius 2 is 2.08 bits per heavy atom. The summed E-state index contributed by atoms with van der Waals surface area (Å²) < 4.78 is 14.8. The van der Waals surface area contributed by atoms with Crippen molar-refractivity contribution < 1.29 is 9.18 Å². The smallest absolute Gasteiger partial charge is 0.267 e. The van der Waals surface area contributed by atoms with E-state index in [0.29, 0.717) is 28.0 Å². The van der Waals surface area contributed by atoms with Crippen molar-refractivity contribution in [3.05, 3.63) is 78.3 Å². The summed E-state index contributed by atoms with van der Waals surface area (Å²) in [7, 11) is 0. The fourth-order valence-electron chi connectivity index (χ4n) is 2.70. The fraction of sp³-hybridized carbons (Fsp3) is 0.0526. The number of rotatable bonds is 3. The van der Waals surface area contributed by atoms with Crippen LogP contribution >= 0.6 is 0 Å². The lowest BCUT2D eigenvalue weighted by molar-refractivity contribution is 0.101. The van der Waals surface area contributed by atoms with Gasteiger partial charge in [0, 0.05) is 35.7 Å². The zero-order valence-corrected chi connectivity index (χ0v) is 13.8. The number of aryl methyl sites for hydroxylation is 1. The lowest BCUT2D eigenvalue weighted by Crippen LogP contribution is -2.23. The normalized spacial score (nSPS) is 10.8. The van der Waals surface area contributed by atoms with Crippen LogP contribution in [-0.4, -0.2) is 25.5 Å². The van der Waals surface area contributed by atoms with E-state index in [-0.39, 0.29) is 11.7 Å². The summed E-state index contributed by atoms with van der Waals surface area (Å²) in [4.78, 5) is 25.3. The molecule has 1 aromatic carbocycles. The summed E-state index contributed by atoms with van der Waals surface area (Å²) in [6, 6.07) is 9.76. The molecule has 3 aromatic heterocycles. The fourth-order valence-corrected chi connectivity index (χ4v) is 2.70. The van der Waals surface area contributed by atoms with Gasteiger partial charge in [-0.1, -0.05) is 0 Å². The Morgan fingerprint density at radius 1 is 1.19 bits per heavy atom. The number of amides is 1. The van der Waals surface area contributed by atoms with Crippen molar-refractivity contribution in [3.63, 3.8) is 0 Å². The van der Waals surface area contributed by atoms with E-state index >= 15 is 0 Å². The van der Waals surface area contributed by atoms with Crippen LogP contribution in [0.3, 0.4) is 0 Å². The first-order valence-electron chi connectivity index (χ1n) is 7.94. The van der Waals surface area contributed by atoms with Gasteiger partial charge < -0.3 is 0 Å². The van der Waals surface area contributed by atoms with Gasteiger partial charge in [-0.05, 0) is 43.3 Å². The van der Waals surface area contributed by atoms with Crippen molar-refractivity contribution >= 4 is 16.8 Å². The maximum atomic E-state index is 13.3. The number of halogens is 1. The van der Waals surface area contributed by atoms with Gasteiger partial charge in [0.1, 0.15) is 5.82 Å². The second-order valence-corrected chi connectivity index (χ2v) is 5.76. The van der Waals surface area contributed by atoms with Gasteiger partial charge >= 0.3 is 0 Å². The molecule has 0 aliphatic rings. The molecular formula is C19H14FN5O. The van der Waals surface area contributed by atoms with Crippen LogP contribution in [0.15, 0.2) is 61.2 Å². The molecule has 6 nitrogen and oxygen atoms in total. The number of fused-ring (bicyclic) bond motifs is 1. The Kier molecular flexibility index (Phi) is 3.89. The molecule has 0 unspecified atom stereocenters. The highest BCUT2D eigenvalue weighted by atomic mass is 19.1. The van der Waals surface area contributed by atoms with E-state index in [2.05, 4.69) is 20.4 Å². The van der Waals surface area contributed by atoms with Crippen LogP contribution in [0.4, 0.5) is 4.39 Å². The largest absolute Gasteiger partial charge is 0.273 e. The molecule has 4 aromatic rings. The molecule has 1 N–H and O–H groups in total. The number of carbonyl (C=O) groups excluding carboxylic acids is 1. The van der Waals surface area contributed by atoms with Crippen LogP contribution in [0.25, 0.3) is 22.3 Å². The third kappa shape index (κ3) is 2.90. The zero-order valence-electron chi connectivity index (χ0n) is 13.8. The number of nitrogens with zero attached hydrogens (tertiary/aromatic N) is 4. The molecule has 0 aliphatic heterocycles.